The summed E-state index contributed by atoms with van der Waals surface area (Å²) >= 11 is 0. The van der Waals surface area contributed by atoms with Crippen LogP contribution in [-0.2, 0) is 9.31 Å². The van der Waals surface area contributed by atoms with E-state index in [-0.39, 0.29) is 16.9 Å². The first-order valence-electron chi connectivity index (χ1n) is 7.07. The van der Waals surface area contributed by atoms with Gasteiger partial charge in [-0.2, -0.15) is 0 Å². The Kier molecular flexibility index (Phi) is 4.24. The lowest BCUT2D eigenvalue weighted by Crippen LogP contribution is -2.41. The van der Waals surface area contributed by atoms with Crippen LogP contribution < -0.4 is 5.73 Å². The molecule has 21 heavy (non-hydrogen) atoms. The van der Waals surface area contributed by atoms with Crippen LogP contribution >= 0.6 is 0 Å². The first-order valence-corrected chi connectivity index (χ1v) is 7.07. The molecule has 1 aliphatic heterocycles. The first kappa shape index (κ1) is 16.1. The van der Waals surface area contributed by atoms with Crippen LogP contribution in [0.25, 0.3) is 6.08 Å². The highest BCUT2D eigenvalue weighted by Crippen LogP contribution is 2.37. The molecule has 2 heterocycles. The molecule has 114 valence electrons. The predicted octanol–water partition coefficient (Wildman–Crippen LogP) is 2.89. The summed E-state index contributed by atoms with van der Waals surface area (Å²) in [5, 5.41) is 0. The Morgan fingerprint density at radius 3 is 2.33 bits per heavy atom. The molecule has 0 bridgehead atoms. The number of halogens is 1. The van der Waals surface area contributed by atoms with Crippen molar-refractivity contribution in [3.63, 3.8) is 0 Å². The molecule has 0 saturated carbocycles. The summed E-state index contributed by atoms with van der Waals surface area (Å²) in [4.78, 5) is 4.05. The molecule has 0 aromatic carbocycles. The maximum Gasteiger partial charge on any atom is 0.487 e. The van der Waals surface area contributed by atoms with E-state index in [0.717, 1.165) is 0 Å². The lowest BCUT2D eigenvalue weighted by atomic mass is 9.89. The van der Waals surface area contributed by atoms with Gasteiger partial charge in [-0.1, -0.05) is 12.1 Å². The summed E-state index contributed by atoms with van der Waals surface area (Å²) in [5.74, 6) is 1.36. The van der Waals surface area contributed by atoms with Gasteiger partial charge in [0.1, 0.15) is 5.82 Å². The Bertz CT molecular complexity index is 543. The normalized spacial score (nSPS) is 22.0. The number of nitrogens with zero attached hydrogens (tertiary/aromatic N) is 1. The summed E-state index contributed by atoms with van der Waals surface area (Å²) in [6, 6.07) is 0.985. The maximum absolute atomic E-state index is 13.8. The summed E-state index contributed by atoms with van der Waals surface area (Å²) in [6.45, 7) is 9.64. The van der Waals surface area contributed by atoms with Crippen LogP contribution in [0.5, 0.6) is 0 Å². The van der Waals surface area contributed by atoms with E-state index >= 15 is 0 Å². The molecule has 1 saturated heterocycles. The number of nitrogens with two attached hydrogens (primary N) is 1. The van der Waals surface area contributed by atoms with Crippen molar-refractivity contribution >= 4 is 13.2 Å². The minimum absolute atomic E-state index is 0.266. The number of aromatic nitrogens is 1. The van der Waals surface area contributed by atoms with Crippen molar-refractivity contribution < 1.29 is 13.7 Å². The Morgan fingerprint density at radius 1 is 1.29 bits per heavy atom. The lowest BCUT2D eigenvalue weighted by Gasteiger charge is -2.32. The van der Waals surface area contributed by atoms with Gasteiger partial charge in [-0.3, -0.25) is 4.98 Å². The van der Waals surface area contributed by atoms with Gasteiger partial charge < -0.3 is 15.0 Å². The summed E-state index contributed by atoms with van der Waals surface area (Å²) in [6.07, 6.45) is 3.33. The Morgan fingerprint density at radius 2 is 1.86 bits per heavy atom. The molecule has 6 heteroatoms. The molecular formula is C15H22BFN2O2. The highest BCUT2D eigenvalue weighted by Gasteiger charge is 2.49. The van der Waals surface area contributed by atoms with Crippen molar-refractivity contribution in [2.75, 3.05) is 0 Å². The van der Waals surface area contributed by atoms with Crippen molar-refractivity contribution in [3.8, 4) is 0 Å². The molecule has 2 N–H and O–H groups in total. The van der Waals surface area contributed by atoms with Gasteiger partial charge in [-0.15, -0.1) is 0 Å². The summed E-state index contributed by atoms with van der Waals surface area (Å²) in [7, 11) is -0.453. The standard InChI is InChI=1S/C15H22BFN2O2/c1-10(18)13-12(17)8-11(9-19-13)6-7-16-20-14(2,3)15(4,5)21-16/h6-10H,18H2,1-5H3/b7-6+/t10-/m0/s1. The van der Waals surface area contributed by atoms with Crippen molar-refractivity contribution in [2.24, 2.45) is 5.73 Å². The van der Waals surface area contributed by atoms with E-state index in [4.69, 9.17) is 15.0 Å². The second-order valence-corrected chi connectivity index (χ2v) is 6.41. The van der Waals surface area contributed by atoms with Crippen molar-refractivity contribution in [2.45, 2.75) is 51.9 Å². The SMILES string of the molecule is C[C@H](N)c1ncc(/C=C/B2OC(C)(C)C(C)(C)O2)cc1F. The fourth-order valence-electron chi connectivity index (χ4n) is 2.05. The van der Waals surface area contributed by atoms with Crippen molar-refractivity contribution in [3.05, 3.63) is 35.3 Å². The minimum Gasteiger partial charge on any atom is -0.400 e. The summed E-state index contributed by atoms with van der Waals surface area (Å²) in [5.41, 5.74) is 5.78. The quantitative estimate of drug-likeness (QED) is 0.870. The number of pyridine rings is 1. The molecule has 0 aliphatic carbocycles. The molecule has 1 aromatic rings. The smallest absolute Gasteiger partial charge is 0.400 e. The van der Waals surface area contributed by atoms with E-state index in [1.54, 1.807) is 25.2 Å². The molecule has 0 unspecified atom stereocenters. The van der Waals surface area contributed by atoms with Crippen LogP contribution in [0.2, 0.25) is 0 Å². The van der Waals surface area contributed by atoms with Crippen LogP contribution in [0.1, 0.15) is 51.9 Å². The third-order valence-electron chi connectivity index (χ3n) is 4.04. The van der Waals surface area contributed by atoms with Gasteiger partial charge >= 0.3 is 7.12 Å². The molecule has 4 nitrogen and oxygen atoms in total. The molecule has 0 spiro atoms. The van der Waals surface area contributed by atoms with E-state index in [1.165, 1.54) is 6.07 Å². The highest BCUT2D eigenvalue weighted by molar-refractivity contribution is 6.52. The van der Waals surface area contributed by atoms with Gasteiger partial charge in [-0.05, 0) is 46.2 Å². The fraction of sp³-hybridized carbons (Fsp3) is 0.533. The minimum atomic E-state index is -0.453. The fourth-order valence-corrected chi connectivity index (χ4v) is 2.05. The molecule has 1 aromatic heterocycles. The zero-order chi connectivity index (χ0) is 15.8. The van der Waals surface area contributed by atoms with Crippen LogP contribution in [0, 0.1) is 5.82 Å². The van der Waals surface area contributed by atoms with E-state index in [1.807, 2.05) is 27.7 Å². The van der Waals surface area contributed by atoms with Gasteiger partial charge in [0.25, 0.3) is 0 Å². The highest BCUT2D eigenvalue weighted by atomic mass is 19.1. The van der Waals surface area contributed by atoms with E-state index in [9.17, 15) is 4.39 Å². The van der Waals surface area contributed by atoms with E-state index < -0.39 is 19.0 Å². The average Bonchev–Trinajstić information content (AvgIpc) is 2.55. The van der Waals surface area contributed by atoms with Crippen LogP contribution in [0.3, 0.4) is 0 Å². The molecule has 2 rings (SSSR count). The van der Waals surface area contributed by atoms with Crippen molar-refractivity contribution in [1.29, 1.82) is 0 Å². The number of hydrogen-bond acceptors (Lipinski definition) is 4. The van der Waals surface area contributed by atoms with Gasteiger partial charge in [-0.25, -0.2) is 4.39 Å². The Balaban J connectivity index is 2.11. The lowest BCUT2D eigenvalue weighted by molar-refractivity contribution is 0.00578. The van der Waals surface area contributed by atoms with E-state index in [0.29, 0.717) is 5.56 Å². The Labute approximate surface area is 125 Å². The Hall–Kier alpha value is -1.24. The molecule has 1 aliphatic rings. The third-order valence-corrected chi connectivity index (χ3v) is 4.04. The maximum atomic E-state index is 13.8. The van der Waals surface area contributed by atoms with Crippen molar-refractivity contribution in [1.82, 2.24) is 4.98 Å². The topological polar surface area (TPSA) is 57.4 Å². The summed E-state index contributed by atoms with van der Waals surface area (Å²) < 4.78 is 25.5. The monoisotopic (exact) mass is 292 g/mol. The first-order chi connectivity index (χ1) is 9.62. The zero-order valence-electron chi connectivity index (χ0n) is 13.2. The zero-order valence-corrected chi connectivity index (χ0v) is 13.2. The van der Waals surface area contributed by atoms with E-state index in [2.05, 4.69) is 4.98 Å². The predicted molar refractivity (Wildman–Crippen MR) is 81.9 cm³/mol. The van der Waals surface area contributed by atoms with Gasteiger partial charge in [0, 0.05) is 12.2 Å². The third kappa shape index (κ3) is 3.34. The second kappa shape index (κ2) is 5.52. The molecule has 1 fully saturated rings. The van der Waals surface area contributed by atoms with Gasteiger partial charge in [0.15, 0.2) is 0 Å². The van der Waals surface area contributed by atoms with Crippen LogP contribution in [0.4, 0.5) is 4.39 Å². The van der Waals surface area contributed by atoms with Crippen LogP contribution in [0.15, 0.2) is 18.2 Å². The van der Waals surface area contributed by atoms with Gasteiger partial charge in [0.05, 0.1) is 16.9 Å². The molecule has 0 radical (unpaired) electrons. The molecule has 0 amide bonds. The van der Waals surface area contributed by atoms with Gasteiger partial charge in [0.2, 0.25) is 0 Å². The number of hydrogen-bond donors (Lipinski definition) is 1. The number of rotatable bonds is 3. The molecule has 1 atom stereocenters. The second-order valence-electron chi connectivity index (χ2n) is 6.41. The molecular weight excluding hydrogens is 270 g/mol. The van der Waals surface area contributed by atoms with Crippen LogP contribution in [-0.4, -0.2) is 23.3 Å². The average molecular weight is 292 g/mol. The largest absolute Gasteiger partial charge is 0.487 e.